The molecule has 90 valence electrons. The Morgan fingerprint density at radius 2 is 2.31 bits per heavy atom. The van der Waals surface area contributed by atoms with Crippen LogP contribution in [-0.4, -0.2) is 18.2 Å². The van der Waals surface area contributed by atoms with Crippen LogP contribution in [-0.2, 0) is 4.74 Å². The van der Waals surface area contributed by atoms with Crippen LogP contribution in [0.25, 0.3) is 0 Å². The van der Waals surface area contributed by atoms with E-state index in [1.807, 2.05) is 12.3 Å². The van der Waals surface area contributed by atoms with Gasteiger partial charge in [-0.15, -0.1) is 0 Å². The second-order valence-corrected chi connectivity index (χ2v) is 5.24. The summed E-state index contributed by atoms with van der Waals surface area (Å²) in [6.45, 7) is 7.34. The Hall–Kier alpha value is -0.800. The standard InChI is InChI=1S/C13H21NO2/c1-10(11-4-6-15-9-11)14-12-5-7-16-13(2,3)8-12/h4,6,9-10,12,14H,5,7-8H2,1-3H3. The zero-order valence-corrected chi connectivity index (χ0v) is 10.3. The molecule has 2 heterocycles. The van der Waals surface area contributed by atoms with E-state index in [1.54, 1.807) is 6.26 Å². The molecule has 1 aliphatic heterocycles. The van der Waals surface area contributed by atoms with Crippen molar-refractivity contribution in [3.63, 3.8) is 0 Å². The fourth-order valence-electron chi connectivity index (χ4n) is 2.35. The summed E-state index contributed by atoms with van der Waals surface area (Å²) in [7, 11) is 0. The summed E-state index contributed by atoms with van der Waals surface area (Å²) in [5, 5.41) is 3.64. The van der Waals surface area contributed by atoms with Crippen LogP contribution in [0.5, 0.6) is 0 Å². The van der Waals surface area contributed by atoms with Gasteiger partial charge in [0.05, 0.1) is 18.1 Å². The molecule has 1 aliphatic rings. The molecule has 1 N–H and O–H groups in total. The van der Waals surface area contributed by atoms with E-state index in [0.29, 0.717) is 12.1 Å². The molecular formula is C13H21NO2. The molecule has 1 aromatic rings. The smallest absolute Gasteiger partial charge is 0.0950 e. The molecule has 2 unspecified atom stereocenters. The minimum atomic E-state index is 0.00598. The Labute approximate surface area is 97.2 Å². The van der Waals surface area contributed by atoms with Gasteiger partial charge >= 0.3 is 0 Å². The van der Waals surface area contributed by atoms with Gasteiger partial charge in [0, 0.05) is 24.3 Å². The molecule has 3 heteroatoms. The molecule has 3 nitrogen and oxygen atoms in total. The van der Waals surface area contributed by atoms with Gasteiger partial charge in [0.25, 0.3) is 0 Å². The lowest BCUT2D eigenvalue weighted by Crippen LogP contribution is -2.44. The van der Waals surface area contributed by atoms with E-state index in [-0.39, 0.29) is 5.60 Å². The average molecular weight is 223 g/mol. The quantitative estimate of drug-likeness (QED) is 0.855. The van der Waals surface area contributed by atoms with Gasteiger partial charge in [-0.2, -0.15) is 0 Å². The molecule has 2 rings (SSSR count). The number of furan rings is 1. The largest absolute Gasteiger partial charge is 0.472 e. The van der Waals surface area contributed by atoms with Gasteiger partial charge in [-0.1, -0.05) is 0 Å². The Morgan fingerprint density at radius 3 is 2.94 bits per heavy atom. The first-order valence-electron chi connectivity index (χ1n) is 5.99. The molecular weight excluding hydrogens is 202 g/mol. The Balaban J connectivity index is 1.90. The normalized spacial score (nSPS) is 26.6. The Morgan fingerprint density at radius 1 is 1.50 bits per heavy atom. The van der Waals surface area contributed by atoms with Crippen LogP contribution in [0.15, 0.2) is 23.0 Å². The third-order valence-corrected chi connectivity index (χ3v) is 3.23. The fraction of sp³-hybridized carbons (Fsp3) is 0.692. The Kier molecular flexibility index (Phi) is 3.36. The van der Waals surface area contributed by atoms with E-state index >= 15 is 0 Å². The van der Waals surface area contributed by atoms with Crippen LogP contribution in [0, 0.1) is 0 Å². The molecule has 0 radical (unpaired) electrons. The summed E-state index contributed by atoms with van der Waals surface area (Å²) < 4.78 is 10.8. The maximum atomic E-state index is 5.71. The lowest BCUT2D eigenvalue weighted by molar-refractivity contribution is -0.0640. The van der Waals surface area contributed by atoms with Crippen LogP contribution in [0.4, 0.5) is 0 Å². The van der Waals surface area contributed by atoms with Crippen molar-refractivity contribution in [2.24, 2.45) is 0 Å². The molecule has 0 amide bonds. The maximum absolute atomic E-state index is 5.71. The summed E-state index contributed by atoms with van der Waals surface area (Å²) in [6.07, 6.45) is 5.68. The SMILES string of the molecule is CC(NC1CCOC(C)(C)C1)c1ccoc1. The van der Waals surface area contributed by atoms with E-state index in [2.05, 4.69) is 26.1 Å². The first kappa shape index (κ1) is 11.7. The zero-order chi connectivity index (χ0) is 11.6. The van der Waals surface area contributed by atoms with Crippen LogP contribution < -0.4 is 5.32 Å². The van der Waals surface area contributed by atoms with Crippen LogP contribution >= 0.6 is 0 Å². The van der Waals surface area contributed by atoms with Gasteiger partial charge in [-0.25, -0.2) is 0 Å². The lowest BCUT2D eigenvalue weighted by atomic mass is 9.93. The van der Waals surface area contributed by atoms with Crippen molar-refractivity contribution in [3.05, 3.63) is 24.2 Å². The second kappa shape index (κ2) is 4.60. The molecule has 0 aliphatic carbocycles. The number of hydrogen-bond donors (Lipinski definition) is 1. The van der Waals surface area contributed by atoms with Crippen LogP contribution in [0.1, 0.15) is 45.2 Å². The highest BCUT2D eigenvalue weighted by Gasteiger charge is 2.29. The minimum Gasteiger partial charge on any atom is -0.472 e. The second-order valence-electron chi connectivity index (χ2n) is 5.24. The van der Waals surface area contributed by atoms with E-state index in [1.165, 1.54) is 5.56 Å². The van der Waals surface area contributed by atoms with E-state index in [4.69, 9.17) is 9.15 Å². The number of rotatable bonds is 3. The lowest BCUT2D eigenvalue weighted by Gasteiger charge is -2.37. The first-order chi connectivity index (χ1) is 7.57. The monoisotopic (exact) mass is 223 g/mol. The van der Waals surface area contributed by atoms with E-state index < -0.39 is 0 Å². The van der Waals surface area contributed by atoms with E-state index in [0.717, 1.165) is 19.4 Å². The summed E-state index contributed by atoms with van der Waals surface area (Å²) >= 11 is 0. The first-order valence-corrected chi connectivity index (χ1v) is 5.99. The van der Waals surface area contributed by atoms with Crippen LogP contribution in [0.3, 0.4) is 0 Å². The third-order valence-electron chi connectivity index (χ3n) is 3.23. The molecule has 0 aromatic carbocycles. The molecule has 1 saturated heterocycles. The van der Waals surface area contributed by atoms with E-state index in [9.17, 15) is 0 Å². The van der Waals surface area contributed by atoms with Gasteiger partial charge in [-0.05, 0) is 39.7 Å². The zero-order valence-electron chi connectivity index (χ0n) is 10.3. The van der Waals surface area contributed by atoms with Crippen molar-refractivity contribution in [1.29, 1.82) is 0 Å². The topological polar surface area (TPSA) is 34.4 Å². The Bertz CT molecular complexity index is 319. The summed E-state index contributed by atoms with van der Waals surface area (Å²) in [5.41, 5.74) is 1.22. The molecule has 1 aromatic heterocycles. The highest BCUT2D eigenvalue weighted by Crippen LogP contribution is 2.25. The predicted molar refractivity (Wildman–Crippen MR) is 63.3 cm³/mol. The predicted octanol–water partition coefficient (Wildman–Crippen LogP) is 2.89. The highest BCUT2D eigenvalue weighted by atomic mass is 16.5. The van der Waals surface area contributed by atoms with Crippen molar-refractivity contribution in [1.82, 2.24) is 5.32 Å². The molecule has 0 spiro atoms. The molecule has 0 saturated carbocycles. The minimum absolute atomic E-state index is 0.00598. The van der Waals surface area contributed by atoms with Gasteiger partial charge in [0.15, 0.2) is 0 Å². The average Bonchev–Trinajstić information content (AvgIpc) is 2.68. The van der Waals surface area contributed by atoms with Crippen molar-refractivity contribution in [3.8, 4) is 0 Å². The summed E-state index contributed by atoms with van der Waals surface area (Å²) in [5.74, 6) is 0. The van der Waals surface area contributed by atoms with Crippen LogP contribution in [0.2, 0.25) is 0 Å². The molecule has 0 bridgehead atoms. The van der Waals surface area contributed by atoms with Gasteiger partial charge < -0.3 is 14.5 Å². The maximum Gasteiger partial charge on any atom is 0.0950 e. The van der Waals surface area contributed by atoms with Gasteiger partial charge in [0.2, 0.25) is 0 Å². The number of nitrogens with one attached hydrogen (secondary N) is 1. The summed E-state index contributed by atoms with van der Waals surface area (Å²) in [6, 6.07) is 2.90. The summed E-state index contributed by atoms with van der Waals surface area (Å²) in [4.78, 5) is 0. The van der Waals surface area contributed by atoms with Crippen molar-refractivity contribution >= 4 is 0 Å². The number of ether oxygens (including phenoxy) is 1. The molecule has 1 fully saturated rings. The third kappa shape index (κ3) is 2.86. The van der Waals surface area contributed by atoms with Gasteiger partial charge in [-0.3, -0.25) is 0 Å². The van der Waals surface area contributed by atoms with Crippen molar-refractivity contribution in [2.75, 3.05) is 6.61 Å². The van der Waals surface area contributed by atoms with Crippen molar-refractivity contribution in [2.45, 2.75) is 51.3 Å². The number of hydrogen-bond acceptors (Lipinski definition) is 3. The van der Waals surface area contributed by atoms with Crippen molar-refractivity contribution < 1.29 is 9.15 Å². The molecule has 2 atom stereocenters. The highest BCUT2D eigenvalue weighted by molar-refractivity contribution is 5.10. The fourth-order valence-corrected chi connectivity index (χ4v) is 2.35. The molecule has 16 heavy (non-hydrogen) atoms. The van der Waals surface area contributed by atoms with Gasteiger partial charge in [0.1, 0.15) is 0 Å².